The van der Waals surface area contributed by atoms with Crippen LogP contribution in [0.2, 0.25) is 25.2 Å². The quantitative estimate of drug-likeness (QED) is 0.324. The van der Waals surface area contributed by atoms with Crippen molar-refractivity contribution in [2.45, 2.75) is 64.0 Å². The molecule has 1 amide bonds. The first kappa shape index (κ1) is 18.7. The summed E-state index contributed by atoms with van der Waals surface area (Å²) in [6, 6.07) is 9.32. The molecule has 1 unspecified atom stereocenters. The van der Waals surface area contributed by atoms with Crippen molar-refractivity contribution in [1.29, 1.82) is 0 Å². The molecule has 1 aliphatic rings. The van der Waals surface area contributed by atoms with Gasteiger partial charge in [-0.15, -0.1) is 0 Å². The van der Waals surface area contributed by atoms with E-state index < -0.39 is 14.1 Å². The molecule has 0 aliphatic carbocycles. The van der Waals surface area contributed by atoms with Gasteiger partial charge in [0.05, 0.1) is 26.3 Å². The van der Waals surface area contributed by atoms with Gasteiger partial charge in [0.2, 0.25) is 5.91 Å². The van der Waals surface area contributed by atoms with Gasteiger partial charge in [0, 0.05) is 0 Å². The van der Waals surface area contributed by atoms with Crippen molar-refractivity contribution in [2.75, 3.05) is 6.61 Å². The summed E-state index contributed by atoms with van der Waals surface area (Å²) in [5.74, 6) is -0.138. The number of nitrogens with zero attached hydrogens (tertiary/aromatic N) is 1. The van der Waals surface area contributed by atoms with E-state index in [4.69, 9.17) is 4.74 Å². The fraction of sp³-hybridized carbons (Fsp3) is 0.579. The minimum atomic E-state index is -1.79. The molecule has 24 heavy (non-hydrogen) atoms. The minimum absolute atomic E-state index is 0.1000. The van der Waals surface area contributed by atoms with E-state index in [9.17, 15) is 9.59 Å². The number of esters is 1. The largest absolute Gasteiger partial charge is 0.464 e. The Bertz CT molecular complexity index is 582. The van der Waals surface area contributed by atoms with E-state index in [0.717, 1.165) is 18.4 Å². The van der Waals surface area contributed by atoms with Crippen molar-refractivity contribution in [2.24, 2.45) is 0 Å². The van der Waals surface area contributed by atoms with Crippen LogP contribution in [-0.4, -0.2) is 37.5 Å². The Morgan fingerprint density at radius 3 is 2.42 bits per heavy atom. The highest BCUT2D eigenvalue weighted by Crippen LogP contribution is 2.45. The zero-order valence-electron chi connectivity index (χ0n) is 15.4. The SMILES string of the molecule is CCCCOC(=O)[C@@H]1[C@H]([Si](C)(C)C)C(=O)N1C(C)c1ccccc1. The van der Waals surface area contributed by atoms with Crippen LogP contribution in [0, 0.1) is 0 Å². The monoisotopic (exact) mass is 347 g/mol. The molecule has 0 N–H and O–H groups in total. The lowest BCUT2D eigenvalue weighted by molar-refractivity contribution is -0.169. The van der Waals surface area contributed by atoms with Crippen LogP contribution in [0.4, 0.5) is 0 Å². The molecule has 0 bridgehead atoms. The summed E-state index contributed by atoms with van der Waals surface area (Å²) < 4.78 is 5.47. The highest BCUT2D eigenvalue weighted by molar-refractivity contribution is 6.81. The first-order valence-corrected chi connectivity index (χ1v) is 12.4. The first-order chi connectivity index (χ1) is 11.3. The average molecular weight is 348 g/mol. The number of unbranched alkanes of at least 4 members (excludes halogenated alkanes) is 1. The van der Waals surface area contributed by atoms with Gasteiger partial charge < -0.3 is 9.64 Å². The summed E-state index contributed by atoms with van der Waals surface area (Å²) in [6.07, 6.45) is 1.84. The maximum absolute atomic E-state index is 12.8. The van der Waals surface area contributed by atoms with E-state index in [0.29, 0.717) is 6.61 Å². The van der Waals surface area contributed by atoms with Gasteiger partial charge in [0.15, 0.2) is 0 Å². The Morgan fingerprint density at radius 2 is 1.88 bits per heavy atom. The Balaban J connectivity index is 2.22. The van der Waals surface area contributed by atoms with E-state index in [1.165, 1.54) is 0 Å². The van der Waals surface area contributed by atoms with Crippen molar-refractivity contribution in [1.82, 2.24) is 4.90 Å². The third-order valence-electron chi connectivity index (χ3n) is 4.75. The average Bonchev–Trinajstić information content (AvgIpc) is 2.52. The molecule has 3 atom stereocenters. The van der Waals surface area contributed by atoms with Gasteiger partial charge in [0.25, 0.3) is 0 Å². The number of hydrogen-bond acceptors (Lipinski definition) is 3. The number of benzene rings is 1. The third-order valence-corrected chi connectivity index (χ3v) is 7.18. The molecule has 1 saturated heterocycles. The molecule has 4 nitrogen and oxygen atoms in total. The van der Waals surface area contributed by atoms with Crippen molar-refractivity contribution in [3.8, 4) is 0 Å². The van der Waals surface area contributed by atoms with Crippen molar-refractivity contribution in [3.05, 3.63) is 35.9 Å². The summed E-state index contributed by atoms with van der Waals surface area (Å²) in [7, 11) is -1.79. The van der Waals surface area contributed by atoms with Crippen molar-refractivity contribution < 1.29 is 14.3 Å². The van der Waals surface area contributed by atoms with Crippen LogP contribution >= 0.6 is 0 Å². The number of rotatable bonds is 7. The summed E-state index contributed by atoms with van der Waals surface area (Å²) >= 11 is 0. The normalized spacial score (nSPS) is 22.0. The second-order valence-corrected chi connectivity index (χ2v) is 13.0. The van der Waals surface area contributed by atoms with Gasteiger partial charge in [-0.3, -0.25) is 4.79 Å². The van der Waals surface area contributed by atoms with Gasteiger partial charge in [-0.25, -0.2) is 4.79 Å². The Kier molecular flexibility index (Phi) is 5.86. The summed E-state index contributed by atoms with van der Waals surface area (Å²) in [6.45, 7) is 10.9. The van der Waals surface area contributed by atoms with Crippen LogP contribution in [0.25, 0.3) is 0 Å². The Morgan fingerprint density at radius 1 is 1.25 bits per heavy atom. The molecule has 1 aromatic carbocycles. The molecule has 1 aliphatic heterocycles. The van der Waals surface area contributed by atoms with E-state index in [1.54, 1.807) is 4.90 Å². The predicted molar refractivity (Wildman–Crippen MR) is 98.5 cm³/mol. The number of β-lactam (4-membered cyclic amide) rings is 1. The standard InChI is InChI=1S/C19H29NO3Si/c1-6-7-13-23-19(22)16-17(24(3,4)5)18(21)20(16)14(2)15-11-9-8-10-12-15/h8-12,14,16-17H,6-7,13H2,1-5H3/t14?,16-,17-/m0/s1. The number of hydrogen-bond donors (Lipinski definition) is 0. The molecular formula is C19H29NO3Si. The van der Waals surface area contributed by atoms with Gasteiger partial charge >= 0.3 is 5.97 Å². The molecule has 1 heterocycles. The predicted octanol–water partition coefficient (Wildman–Crippen LogP) is 4.01. The third kappa shape index (κ3) is 3.72. The van der Waals surface area contributed by atoms with Gasteiger partial charge in [-0.05, 0) is 18.9 Å². The lowest BCUT2D eigenvalue weighted by atomic mass is 9.94. The lowest BCUT2D eigenvalue weighted by Gasteiger charge is -2.52. The van der Waals surface area contributed by atoms with Crippen LogP contribution < -0.4 is 0 Å². The summed E-state index contributed by atoms with van der Waals surface area (Å²) in [5, 5.41) is 0. The lowest BCUT2D eigenvalue weighted by Crippen LogP contribution is -2.67. The van der Waals surface area contributed by atoms with Gasteiger partial charge in [-0.1, -0.05) is 63.3 Å². The number of carbonyl (C=O) groups is 2. The second-order valence-electron chi connectivity index (χ2n) is 7.64. The molecule has 1 aromatic rings. The minimum Gasteiger partial charge on any atom is -0.464 e. The molecule has 0 aromatic heterocycles. The molecule has 1 fully saturated rings. The number of amides is 1. The maximum atomic E-state index is 12.8. The van der Waals surface area contributed by atoms with Crippen LogP contribution in [0.1, 0.15) is 38.3 Å². The van der Waals surface area contributed by atoms with Crippen molar-refractivity contribution in [3.63, 3.8) is 0 Å². The number of carbonyl (C=O) groups excluding carboxylic acids is 2. The van der Waals surface area contributed by atoms with E-state index >= 15 is 0 Å². The smallest absolute Gasteiger partial charge is 0.329 e. The highest BCUT2D eigenvalue weighted by atomic mass is 28.3. The fourth-order valence-electron chi connectivity index (χ4n) is 3.33. The zero-order chi connectivity index (χ0) is 17.9. The molecule has 5 heteroatoms. The number of likely N-dealkylation sites (tertiary alicyclic amines) is 1. The number of ether oxygens (including phenoxy) is 1. The topological polar surface area (TPSA) is 46.6 Å². The van der Waals surface area contributed by atoms with Crippen LogP contribution in [0.3, 0.4) is 0 Å². The van der Waals surface area contributed by atoms with Crippen LogP contribution in [0.5, 0.6) is 0 Å². The van der Waals surface area contributed by atoms with Gasteiger partial charge in [-0.2, -0.15) is 0 Å². The van der Waals surface area contributed by atoms with E-state index in [-0.39, 0.29) is 23.5 Å². The fourth-order valence-corrected chi connectivity index (χ4v) is 5.47. The first-order valence-electron chi connectivity index (χ1n) is 8.82. The molecule has 132 valence electrons. The maximum Gasteiger partial charge on any atom is 0.329 e. The van der Waals surface area contributed by atoms with Crippen LogP contribution in [0.15, 0.2) is 30.3 Å². The molecule has 0 spiro atoms. The zero-order valence-corrected chi connectivity index (χ0v) is 16.4. The summed E-state index contributed by atoms with van der Waals surface area (Å²) in [5.41, 5.74) is 0.865. The summed E-state index contributed by atoms with van der Waals surface area (Å²) in [4.78, 5) is 27.2. The van der Waals surface area contributed by atoms with Crippen LogP contribution in [-0.2, 0) is 14.3 Å². The molecule has 0 radical (unpaired) electrons. The molecule has 0 saturated carbocycles. The second kappa shape index (κ2) is 7.51. The Labute approximate surface area is 146 Å². The molecular weight excluding hydrogens is 318 g/mol. The molecule has 2 rings (SSSR count). The van der Waals surface area contributed by atoms with Gasteiger partial charge in [0.1, 0.15) is 6.04 Å². The van der Waals surface area contributed by atoms with Crippen molar-refractivity contribution >= 4 is 20.0 Å². The Hall–Kier alpha value is -1.62. The van der Waals surface area contributed by atoms with E-state index in [2.05, 4.69) is 26.6 Å². The highest BCUT2D eigenvalue weighted by Gasteiger charge is 2.58. The van der Waals surface area contributed by atoms with E-state index in [1.807, 2.05) is 37.3 Å².